The first-order valence-electron chi connectivity index (χ1n) is 10.5. The molecule has 0 saturated carbocycles. The fraction of sp³-hybridized carbons (Fsp3) is 0.208. The first kappa shape index (κ1) is 21.5. The van der Waals surface area contributed by atoms with Gasteiger partial charge in [0.1, 0.15) is 5.52 Å². The predicted molar refractivity (Wildman–Crippen MR) is 131 cm³/mol. The van der Waals surface area contributed by atoms with Gasteiger partial charge in [-0.15, -0.1) is 0 Å². The molecule has 1 amide bonds. The quantitative estimate of drug-likeness (QED) is 0.445. The molecule has 0 bridgehead atoms. The number of thiophene rings is 1. The first-order chi connectivity index (χ1) is 15.9. The highest BCUT2D eigenvalue weighted by Gasteiger charge is 2.25. The number of pyridine rings is 2. The summed E-state index contributed by atoms with van der Waals surface area (Å²) in [5.74, 6) is 0.729. The Morgan fingerprint density at radius 1 is 1.00 bits per heavy atom. The van der Waals surface area contributed by atoms with Crippen molar-refractivity contribution >= 4 is 43.8 Å². The third kappa shape index (κ3) is 4.21. The molecule has 0 atom stereocenters. The molecule has 0 spiro atoms. The summed E-state index contributed by atoms with van der Waals surface area (Å²) < 4.78 is 23.3. The number of amides is 1. The van der Waals surface area contributed by atoms with Gasteiger partial charge in [0.05, 0.1) is 4.90 Å². The van der Waals surface area contributed by atoms with Crippen molar-refractivity contribution in [3.63, 3.8) is 0 Å². The van der Waals surface area contributed by atoms with Crippen LogP contribution in [0.1, 0.15) is 10.4 Å². The summed E-state index contributed by atoms with van der Waals surface area (Å²) in [4.78, 5) is 26.5. The van der Waals surface area contributed by atoms with Gasteiger partial charge in [-0.25, -0.2) is 13.4 Å². The van der Waals surface area contributed by atoms with E-state index in [1.807, 2.05) is 12.3 Å². The van der Waals surface area contributed by atoms with Crippen molar-refractivity contribution in [3.8, 4) is 11.1 Å². The Bertz CT molecular complexity index is 1410. The number of nitrogens with zero attached hydrogens (tertiary/aromatic N) is 4. The second-order valence-electron chi connectivity index (χ2n) is 7.98. The Hall–Kier alpha value is -3.30. The van der Waals surface area contributed by atoms with Crippen LogP contribution in [0.4, 0.5) is 5.82 Å². The molecule has 1 saturated heterocycles. The van der Waals surface area contributed by atoms with Crippen molar-refractivity contribution in [1.82, 2.24) is 14.9 Å². The molecule has 1 aromatic carbocycles. The Balaban J connectivity index is 1.34. The van der Waals surface area contributed by atoms with Gasteiger partial charge < -0.3 is 9.80 Å². The van der Waals surface area contributed by atoms with Crippen molar-refractivity contribution < 1.29 is 13.2 Å². The Morgan fingerprint density at radius 3 is 2.42 bits per heavy atom. The zero-order valence-electron chi connectivity index (χ0n) is 18.0. The van der Waals surface area contributed by atoms with E-state index in [4.69, 9.17) is 4.98 Å². The zero-order valence-corrected chi connectivity index (χ0v) is 19.6. The largest absolute Gasteiger partial charge is 0.351 e. The van der Waals surface area contributed by atoms with Crippen LogP contribution in [0.15, 0.2) is 70.5 Å². The van der Waals surface area contributed by atoms with E-state index < -0.39 is 9.84 Å². The average molecular weight is 479 g/mol. The highest BCUT2D eigenvalue weighted by atomic mass is 32.2. The highest BCUT2D eigenvalue weighted by molar-refractivity contribution is 7.90. The van der Waals surface area contributed by atoms with Gasteiger partial charge in [-0.3, -0.25) is 9.78 Å². The van der Waals surface area contributed by atoms with Gasteiger partial charge >= 0.3 is 0 Å². The van der Waals surface area contributed by atoms with E-state index in [2.05, 4.69) is 32.8 Å². The van der Waals surface area contributed by atoms with E-state index in [1.54, 1.807) is 34.6 Å². The maximum Gasteiger partial charge on any atom is 0.253 e. The Morgan fingerprint density at radius 2 is 1.76 bits per heavy atom. The molecule has 4 heterocycles. The fourth-order valence-electron chi connectivity index (χ4n) is 4.09. The Labute approximate surface area is 196 Å². The number of fused-ring (bicyclic) bond motifs is 1. The van der Waals surface area contributed by atoms with Gasteiger partial charge in [-0.05, 0) is 52.7 Å². The molecule has 0 aliphatic carbocycles. The molecule has 5 rings (SSSR count). The van der Waals surface area contributed by atoms with E-state index >= 15 is 0 Å². The SMILES string of the molecule is CS(=O)(=O)c1ccc(C(=O)N2CCN(c3ncc(-c4ccsc4)c4cccnc34)CC2)cc1. The molecule has 7 nitrogen and oxygen atoms in total. The number of benzene rings is 1. The van der Waals surface area contributed by atoms with Crippen LogP contribution in [0.3, 0.4) is 0 Å². The van der Waals surface area contributed by atoms with Crippen LogP contribution in [-0.4, -0.2) is 61.6 Å². The summed E-state index contributed by atoms with van der Waals surface area (Å²) >= 11 is 1.65. The number of carbonyl (C=O) groups excluding carboxylic acids is 1. The molecule has 4 aromatic rings. The minimum Gasteiger partial charge on any atom is -0.351 e. The lowest BCUT2D eigenvalue weighted by molar-refractivity contribution is 0.0746. The zero-order chi connectivity index (χ0) is 23.0. The lowest BCUT2D eigenvalue weighted by Crippen LogP contribution is -2.49. The number of hydrogen-bond acceptors (Lipinski definition) is 7. The smallest absolute Gasteiger partial charge is 0.253 e. The number of carbonyl (C=O) groups is 1. The van der Waals surface area contributed by atoms with Crippen LogP contribution >= 0.6 is 11.3 Å². The molecule has 1 aliphatic heterocycles. The van der Waals surface area contributed by atoms with E-state index in [1.165, 1.54) is 12.1 Å². The van der Waals surface area contributed by atoms with Gasteiger partial charge in [0.15, 0.2) is 15.7 Å². The number of hydrogen-bond donors (Lipinski definition) is 0. The predicted octanol–water partition coefficient (Wildman–Crippen LogP) is 3.72. The van der Waals surface area contributed by atoms with Crippen molar-refractivity contribution in [3.05, 3.63) is 71.2 Å². The summed E-state index contributed by atoms with van der Waals surface area (Å²) in [5, 5.41) is 5.22. The standard InChI is InChI=1S/C24H22N4O3S2/c1-33(30,31)19-6-4-17(5-7-19)24(29)28-12-10-27(11-13-28)23-22-20(3-2-9-25-22)21(15-26-23)18-8-14-32-16-18/h2-9,14-16H,10-13H2,1H3. The van der Waals surface area contributed by atoms with E-state index in [0.717, 1.165) is 34.1 Å². The lowest BCUT2D eigenvalue weighted by atomic mass is 10.1. The minimum absolute atomic E-state index is 0.0987. The number of anilines is 1. The second-order valence-corrected chi connectivity index (χ2v) is 10.8. The van der Waals surface area contributed by atoms with Gasteiger partial charge in [-0.2, -0.15) is 11.3 Å². The highest BCUT2D eigenvalue weighted by Crippen LogP contribution is 2.33. The van der Waals surface area contributed by atoms with Crippen LogP contribution in [0.2, 0.25) is 0 Å². The topological polar surface area (TPSA) is 83.5 Å². The van der Waals surface area contributed by atoms with Gasteiger partial charge in [0.25, 0.3) is 5.91 Å². The number of piperazine rings is 1. The molecular weight excluding hydrogens is 456 g/mol. The summed E-state index contributed by atoms with van der Waals surface area (Å²) in [6.07, 6.45) is 4.84. The van der Waals surface area contributed by atoms with Crippen LogP contribution < -0.4 is 4.90 Å². The fourth-order valence-corrected chi connectivity index (χ4v) is 5.37. The van der Waals surface area contributed by atoms with Crippen molar-refractivity contribution in [2.45, 2.75) is 4.90 Å². The molecule has 1 aliphatic rings. The summed E-state index contributed by atoms with van der Waals surface area (Å²) in [5.41, 5.74) is 3.54. The van der Waals surface area contributed by atoms with Gasteiger partial charge in [0.2, 0.25) is 0 Å². The maximum absolute atomic E-state index is 12.9. The molecule has 0 radical (unpaired) electrons. The van der Waals surface area contributed by atoms with E-state index in [-0.39, 0.29) is 10.8 Å². The normalized spacial score (nSPS) is 14.6. The van der Waals surface area contributed by atoms with E-state index in [0.29, 0.717) is 31.7 Å². The maximum atomic E-state index is 12.9. The van der Waals surface area contributed by atoms with Crippen LogP contribution in [0.25, 0.3) is 22.0 Å². The minimum atomic E-state index is -3.29. The summed E-state index contributed by atoms with van der Waals surface area (Å²) in [6, 6.07) is 12.2. The molecule has 0 unspecified atom stereocenters. The van der Waals surface area contributed by atoms with Crippen LogP contribution in [-0.2, 0) is 9.84 Å². The van der Waals surface area contributed by atoms with Crippen LogP contribution in [0.5, 0.6) is 0 Å². The van der Waals surface area contributed by atoms with Gasteiger partial charge in [0, 0.05) is 61.3 Å². The summed E-state index contributed by atoms with van der Waals surface area (Å²) in [7, 11) is -3.29. The molecular formula is C24H22N4O3S2. The number of aromatic nitrogens is 2. The Kier molecular flexibility index (Phi) is 5.59. The molecule has 1 fully saturated rings. The second kappa shape index (κ2) is 8.57. The molecule has 9 heteroatoms. The van der Waals surface area contributed by atoms with Crippen LogP contribution in [0, 0.1) is 0 Å². The van der Waals surface area contributed by atoms with Gasteiger partial charge in [-0.1, -0.05) is 6.07 Å². The molecule has 168 valence electrons. The van der Waals surface area contributed by atoms with Crippen molar-refractivity contribution in [2.24, 2.45) is 0 Å². The summed E-state index contributed by atoms with van der Waals surface area (Å²) in [6.45, 7) is 2.39. The van der Waals surface area contributed by atoms with Crippen molar-refractivity contribution in [1.29, 1.82) is 0 Å². The number of sulfone groups is 1. The average Bonchev–Trinajstić information content (AvgIpc) is 3.37. The monoisotopic (exact) mass is 478 g/mol. The molecule has 0 N–H and O–H groups in total. The van der Waals surface area contributed by atoms with E-state index in [9.17, 15) is 13.2 Å². The molecule has 3 aromatic heterocycles. The number of rotatable bonds is 4. The van der Waals surface area contributed by atoms with Crippen molar-refractivity contribution in [2.75, 3.05) is 37.3 Å². The first-order valence-corrected chi connectivity index (χ1v) is 13.4. The lowest BCUT2D eigenvalue weighted by Gasteiger charge is -2.35. The molecule has 33 heavy (non-hydrogen) atoms. The third-order valence-electron chi connectivity index (χ3n) is 5.85. The third-order valence-corrected chi connectivity index (χ3v) is 7.67.